The molecule has 0 saturated carbocycles. The maximum Gasteiger partial charge on any atom is 0.234 e. The summed E-state index contributed by atoms with van der Waals surface area (Å²) >= 11 is 1.40. The van der Waals surface area contributed by atoms with Crippen molar-refractivity contribution in [1.82, 2.24) is 19.7 Å². The maximum absolute atomic E-state index is 12.6. The first-order chi connectivity index (χ1) is 14.3. The first-order valence-electron chi connectivity index (χ1n) is 9.50. The summed E-state index contributed by atoms with van der Waals surface area (Å²) in [5.74, 6) is 0.996. The van der Waals surface area contributed by atoms with Crippen LogP contribution < -0.4 is 5.32 Å². The zero-order chi connectivity index (χ0) is 20.1. The molecular formula is C22H21N5OS. The third kappa shape index (κ3) is 4.30. The van der Waals surface area contributed by atoms with E-state index < -0.39 is 0 Å². The topological polar surface area (TPSA) is 72.7 Å². The van der Waals surface area contributed by atoms with Gasteiger partial charge in [0.2, 0.25) is 5.91 Å². The van der Waals surface area contributed by atoms with Crippen LogP contribution in [0.25, 0.3) is 22.2 Å². The Morgan fingerprint density at radius 1 is 1.03 bits per heavy atom. The molecule has 2 aromatic heterocycles. The molecule has 0 aliphatic carbocycles. The molecule has 7 heteroatoms. The van der Waals surface area contributed by atoms with Gasteiger partial charge in [0.05, 0.1) is 5.75 Å². The molecule has 4 rings (SSSR count). The predicted octanol–water partition coefficient (Wildman–Crippen LogP) is 4.63. The third-order valence-corrected chi connectivity index (χ3v) is 5.47. The van der Waals surface area contributed by atoms with E-state index in [1.54, 1.807) is 12.4 Å². The lowest BCUT2D eigenvalue weighted by Crippen LogP contribution is -2.15. The van der Waals surface area contributed by atoms with Crippen molar-refractivity contribution in [2.45, 2.75) is 25.0 Å². The van der Waals surface area contributed by atoms with Crippen molar-refractivity contribution < 1.29 is 4.79 Å². The fourth-order valence-corrected chi connectivity index (χ4v) is 3.95. The molecule has 0 unspecified atom stereocenters. The fourth-order valence-electron chi connectivity index (χ4n) is 3.19. The summed E-state index contributed by atoms with van der Waals surface area (Å²) in [6.07, 6.45) is 4.43. The SMILES string of the molecule is CCCn1c(SCC(=O)Nc2cccc3ccccc23)nnc1-c1ccncc1. The van der Waals surface area contributed by atoms with Crippen molar-refractivity contribution >= 4 is 34.1 Å². The molecule has 0 fully saturated rings. The van der Waals surface area contributed by atoms with Crippen LogP contribution in [0.2, 0.25) is 0 Å². The van der Waals surface area contributed by atoms with Crippen molar-refractivity contribution in [3.63, 3.8) is 0 Å². The summed E-state index contributed by atoms with van der Waals surface area (Å²) in [7, 11) is 0. The highest BCUT2D eigenvalue weighted by Gasteiger charge is 2.15. The standard InChI is InChI=1S/C22H21N5OS/c1-2-14-27-21(17-10-12-23-13-11-17)25-26-22(27)29-15-20(28)24-19-9-5-7-16-6-3-4-8-18(16)19/h3-13H,2,14-15H2,1H3,(H,24,28). The van der Waals surface area contributed by atoms with Gasteiger partial charge in [-0.05, 0) is 30.0 Å². The second-order valence-electron chi connectivity index (χ2n) is 6.56. The minimum Gasteiger partial charge on any atom is -0.325 e. The van der Waals surface area contributed by atoms with Crippen LogP contribution in [-0.2, 0) is 11.3 Å². The van der Waals surface area contributed by atoms with E-state index in [9.17, 15) is 4.79 Å². The maximum atomic E-state index is 12.6. The number of nitrogens with one attached hydrogen (secondary N) is 1. The number of benzene rings is 2. The van der Waals surface area contributed by atoms with E-state index in [-0.39, 0.29) is 11.7 Å². The quantitative estimate of drug-likeness (QED) is 0.455. The molecule has 0 saturated heterocycles. The molecule has 0 aliphatic rings. The van der Waals surface area contributed by atoms with Gasteiger partial charge in [-0.3, -0.25) is 9.78 Å². The van der Waals surface area contributed by atoms with Crippen molar-refractivity contribution in [3.8, 4) is 11.4 Å². The number of carbonyl (C=O) groups is 1. The lowest BCUT2D eigenvalue weighted by molar-refractivity contribution is -0.113. The lowest BCUT2D eigenvalue weighted by atomic mass is 10.1. The monoisotopic (exact) mass is 403 g/mol. The Labute approximate surface area is 173 Å². The van der Waals surface area contributed by atoms with Gasteiger partial charge in [-0.1, -0.05) is 55.1 Å². The lowest BCUT2D eigenvalue weighted by Gasteiger charge is -2.10. The Balaban J connectivity index is 1.49. The Hall–Kier alpha value is -3.19. The number of hydrogen-bond acceptors (Lipinski definition) is 5. The molecular weight excluding hydrogens is 382 g/mol. The highest BCUT2D eigenvalue weighted by atomic mass is 32.2. The molecule has 2 aromatic carbocycles. The van der Waals surface area contributed by atoms with Gasteiger partial charge in [0.15, 0.2) is 11.0 Å². The number of hydrogen-bond donors (Lipinski definition) is 1. The molecule has 4 aromatic rings. The van der Waals surface area contributed by atoms with Crippen LogP contribution in [0, 0.1) is 0 Å². The second-order valence-corrected chi connectivity index (χ2v) is 7.50. The second kappa shape index (κ2) is 8.87. The van der Waals surface area contributed by atoms with E-state index in [1.807, 2.05) is 54.6 Å². The van der Waals surface area contributed by atoms with Gasteiger partial charge in [0, 0.05) is 35.6 Å². The van der Waals surface area contributed by atoms with Crippen molar-refractivity contribution in [3.05, 3.63) is 67.0 Å². The fraction of sp³-hybridized carbons (Fsp3) is 0.182. The van der Waals surface area contributed by atoms with Gasteiger partial charge in [0.1, 0.15) is 0 Å². The molecule has 29 heavy (non-hydrogen) atoms. The summed E-state index contributed by atoms with van der Waals surface area (Å²) in [4.78, 5) is 16.6. The molecule has 0 atom stereocenters. The Bertz CT molecular complexity index is 1120. The number of anilines is 1. The molecule has 146 valence electrons. The van der Waals surface area contributed by atoms with E-state index >= 15 is 0 Å². The number of nitrogens with zero attached hydrogens (tertiary/aromatic N) is 4. The number of carbonyl (C=O) groups excluding carboxylic acids is 1. The largest absolute Gasteiger partial charge is 0.325 e. The number of fused-ring (bicyclic) bond motifs is 1. The van der Waals surface area contributed by atoms with Gasteiger partial charge in [-0.25, -0.2) is 0 Å². The summed E-state index contributed by atoms with van der Waals surface area (Å²) in [6, 6.07) is 17.7. The first kappa shape index (κ1) is 19.1. The van der Waals surface area contributed by atoms with Gasteiger partial charge >= 0.3 is 0 Å². The summed E-state index contributed by atoms with van der Waals surface area (Å²) in [5.41, 5.74) is 1.79. The van der Waals surface area contributed by atoms with E-state index in [1.165, 1.54) is 11.8 Å². The molecule has 0 radical (unpaired) electrons. The normalized spacial score (nSPS) is 10.9. The average molecular weight is 404 g/mol. The van der Waals surface area contributed by atoms with Gasteiger partial charge in [0.25, 0.3) is 0 Å². The molecule has 0 aliphatic heterocycles. The van der Waals surface area contributed by atoms with E-state index in [0.717, 1.165) is 46.0 Å². The van der Waals surface area contributed by atoms with Crippen LogP contribution in [0.4, 0.5) is 5.69 Å². The first-order valence-corrected chi connectivity index (χ1v) is 10.5. The summed E-state index contributed by atoms with van der Waals surface area (Å²) < 4.78 is 2.06. The minimum absolute atomic E-state index is 0.0668. The number of thioether (sulfide) groups is 1. The van der Waals surface area contributed by atoms with E-state index in [0.29, 0.717) is 0 Å². The smallest absolute Gasteiger partial charge is 0.234 e. The molecule has 0 bridgehead atoms. The molecule has 0 spiro atoms. The molecule has 6 nitrogen and oxygen atoms in total. The van der Waals surface area contributed by atoms with Gasteiger partial charge < -0.3 is 9.88 Å². The van der Waals surface area contributed by atoms with Crippen LogP contribution in [0.15, 0.2) is 72.1 Å². The zero-order valence-electron chi connectivity index (χ0n) is 16.1. The zero-order valence-corrected chi connectivity index (χ0v) is 16.9. The Morgan fingerprint density at radius 2 is 1.83 bits per heavy atom. The van der Waals surface area contributed by atoms with Gasteiger partial charge in [-0.15, -0.1) is 10.2 Å². The summed E-state index contributed by atoms with van der Waals surface area (Å²) in [6.45, 7) is 2.90. The average Bonchev–Trinajstić information content (AvgIpc) is 3.16. The van der Waals surface area contributed by atoms with Gasteiger partial charge in [-0.2, -0.15) is 0 Å². The Kier molecular flexibility index (Phi) is 5.86. The number of amides is 1. The molecule has 1 N–H and O–H groups in total. The van der Waals surface area contributed by atoms with Crippen molar-refractivity contribution in [1.29, 1.82) is 0 Å². The predicted molar refractivity (Wildman–Crippen MR) is 117 cm³/mol. The highest BCUT2D eigenvalue weighted by Crippen LogP contribution is 2.26. The van der Waals surface area contributed by atoms with Crippen LogP contribution in [0.5, 0.6) is 0 Å². The third-order valence-electron chi connectivity index (χ3n) is 4.50. The molecule has 2 heterocycles. The van der Waals surface area contributed by atoms with Crippen LogP contribution in [-0.4, -0.2) is 31.4 Å². The highest BCUT2D eigenvalue weighted by molar-refractivity contribution is 7.99. The van der Waals surface area contributed by atoms with Crippen LogP contribution in [0.3, 0.4) is 0 Å². The van der Waals surface area contributed by atoms with E-state index in [4.69, 9.17) is 0 Å². The van der Waals surface area contributed by atoms with Crippen molar-refractivity contribution in [2.75, 3.05) is 11.1 Å². The van der Waals surface area contributed by atoms with E-state index in [2.05, 4.69) is 32.0 Å². The number of aromatic nitrogens is 4. The van der Waals surface area contributed by atoms with Crippen molar-refractivity contribution in [2.24, 2.45) is 0 Å². The summed E-state index contributed by atoms with van der Waals surface area (Å²) in [5, 5.41) is 14.5. The Morgan fingerprint density at radius 3 is 2.66 bits per heavy atom. The van der Waals surface area contributed by atoms with Crippen LogP contribution >= 0.6 is 11.8 Å². The van der Waals surface area contributed by atoms with Crippen LogP contribution in [0.1, 0.15) is 13.3 Å². The minimum atomic E-state index is -0.0668. The number of pyridine rings is 1. The number of rotatable bonds is 7. The molecule has 1 amide bonds.